The van der Waals surface area contributed by atoms with E-state index >= 15 is 0 Å². The average Bonchev–Trinajstić information content (AvgIpc) is 4.03. The maximum absolute atomic E-state index is 12.3. The Bertz CT molecular complexity index is 2930. The van der Waals surface area contributed by atoms with Gasteiger partial charge in [0.15, 0.2) is 0 Å². The van der Waals surface area contributed by atoms with Crippen LogP contribution in [-0.4, -0.2) is 43.4 Å². The van der Waals surface area contributed by atoms with Gasteiger partial charge in [-0.3, -0.25) is 9.89 Å². The highest BCUT2D eigenvalue weighted by atomic mass is 16.3. The summed E-state index contributed by atoms with van der Waals surface area (Å²) in [6.45, 7) is 43.9. The van der Waals surface area contributed by atoms with Gasteiger partial charge in [-0.25, -0.2) is 4.98 Å². The zero-order valence-electron chi connectivity index (χ0n) is 47.7. The van der Waals surface area contributed by atoms with E-state index < -0.39 is 5.66 Å². The number of allylic oxidation sites excluding steroid dienone is 7. The predicted molar refractivity (Wildman–Crippen MR) is 319 cm³/mol. The summed E-state index contributed by atoms with van der Waals surface area (Å²) in [6.07, 6.45) is 26.9. The zero-order valence-corrected chi connectivity index (χ0v) is 47.7. The van der Waals surface area contributed by atoms with Gasteiger partial charge >= 0.3 is 0 Å². The first-order chi connectivity index (χ1) is 35.8. The molecule has 0 radical (unpaired) electrons. The van der Waals surface area contributed by atoms with Crippen LogP contribution in [0.25, 0.3) is 22.9 Å². The summed E-state index contributed by atoms with van der Waals surface area (Å²) in [6, 6.07) is 9.24. The van der Waals surface area contributed by atoms with Gasteiger partial charge in [0.25, 0.3) is 0 Å². The van der Waals surface area contributed by atoms with Crippen LogP contribution in [0.2, 0.25) is 0 Å². The van der Waals surface area contributed by atoms with Gasteiger partial charge in [0.05, 0.1) is 23.0 Å². The molecule has 6 N–H and O–H groups in total. The molecule has 9 heteroatoms. The number of phenols is 1. The highest BCUT2D eigenvalue weighted by molar-refractivity contribution is 6.06. The zero-order chi connectivity index (χ0) is 54.4. The normalized spacial score (nSPS) is 27.3. The van der Waals surface area contributed by atoms with Gasteiger partial charge < -0.3 is 31.1 Å². The summed E-state index contributed by atoms with van der Waals surface area (Å²) in [7, 11) is 0. The number of anilines is 3. The van der Waals surface area contributed by atoms with Crippen LogP contribution in [0.3, 0.4) is 0 Å². The van der Waals surface area contributed by atoms with Gasteiger partial charge in [0.2, 0.25) is 0 Å². The number of hydrogen-bond donors (Lipinski definition) is 5. The Morgan fingerprint density at radius 2 is 1.64 bits per heavy atom. The molecular weight excluding hydrogens is 923 g/mol. The average molecular weight is 1020 g/mol. The van der Waals surface area contributed by atoms with Gasteiger partial charge in [0.1, 0.15) is 23.1 Å². The Morgan fingerprint density at radius 1 is 0.947 bits per heavy atom. The molecule has 3 aromatic carbocycles. The summed E-state index contributed by atoms with van der Waals surface area (Å²) in [5.41, 5.74) is 16.1. The Balaban J connectivity index is 0.00000130. The van der Waals surface area contributed by atoms with E-state index in [9.17, 15) is 5.11 Å². The SMILES string of the molecule is C=C1Nc2c3c(c4c5c(c(C)c(O)c4c2=C)C[C@](C)(C/C=C/CCC(C)[C@H](C)C(C)[C@H](C)CC(C)/C=C/C=C\1C)C5=C)=NC1(CCN(Cc2cccc(CCC4CCc5nc(N)cn5C4)c2)CC1)N3.C=CO.CCC. The molecule has 0 saturated carbocycles. The molecule has 9 nitrogen and oxygen atoms in total. The van der Waals surface area contributed by atoms with Gasteiger partial charge in [0, 0.05) is 78.7 Å². The maximum atomic E-state index is 12.3. The van der Waals surface area contributed by atoms with Crippen molar-refractivity contribution >= 4 is 40.1 Å². The number of aromatic nitrogens is 2. The number of aliphatic hydroxyl groups is 1. The van der Waals surface area contributed by atoms with Crippen molar-refractivity contribution in [3.05, 3.63) is 142 Å². The number of nitrogens with two attached hydrogens (primary N) is 1. The fraction of sp³-hybridized carbons (Fsp3) is 0.515. The van der Waals surface area contributed by atoms with Crippen LogP contribution in [0.15, 0.2) is 103 Å². The minimum atomic E-state index is -0.491. The molecule has 1 aliphatic carbocycles. The predicted octanol–water partition coefficient (Wildman–Crippen LogP) is 14.7. The number of hydrogen-bond acceptors (Lipinski definition) is 8. The number of imidazole rings is 1. The van der Waals surface area contributed by atoms with Crippen molar-refractivity contribution in [2.24, 2.45) is 45.9 Å². The molecule has 9 rings (SSSR count). The van der Waals surface area contributed by atoms with E-state index in [1.807, 2.05) is 6.20 Å². The quantitative estimate of drug-likeness (QED) is 0.0996. The van der Waals surface area contributed by atoms with Crippen LogP contribution in [0.1, 0.15) is 154 Å². The summed E-state index contributed by atoms with van der Waals surface area (Å²) in [5, 5.41) is 30.9. The van der Waals surface area contributed by atoms with E-state index in [-0.39, 0.29) is 5.41 Å². The second kappa shape index (κ2) is 24.5. The molecule has 1 fully saturated rings. The first kappa shape index (κ1) is 56.9. The number of nitrogen functional groups attached to an aromatic ring is 1. The summed E-state index contributed by atoms with van der Waals surface area (Å²) in [5.74, 6) is 5.76. The molecule has 4 unspecified atom stereocenters. The highest BCUT2D eigenvalue weighted by Crippen LogP contribution is 2.53. The van der Waals surface area contributed by atoms with Gasteiger partial charge in [-0.1, -0.05) is 143 Å². The van der Waals surface area contributed by atoms with Gasteiger partial charge in [-0.05, 0) is 140 Å². The Morgan fingerprint density at radius 3 is 2.36 bits per heavy atom. The summed E-state index contributed by atoms with van der Waals surface area (Å²) >= 11 is 0. The number of piperidine rings is 1. The molecular formula is C66H93N7O2. The van der Waals surface area contributed by atoms with Crippen molar-refractivity contribution in [2.45, 2.75) is 165 Å². The summed E-state index contributed by atoms with van der Waals surface area (Å²) < 4.78 is 2.26. The van der Waals surface area contributed by atoms with Crippen molar-refractivity contribution < 1.29 is 10.2 Å². The van der Waals surface area contributed by atoms with Crippen LogP contribution in [0.4, 0.5) is 17.2 Å². The topological polar surface area (TPSA) is 124 Å². The fourth-order valence-electron chi connectivity index (χ4n) is 12.7. The number of rotatable bonds is 5. The lowest BCUT2D eigenvalue weighted by Gasteiger charge is -2.38. The molecule has 5 aliphatic rings. The molecule has 0 amide bonds. The number of phenolic OH excluding ortho intramolecular Hbond substituents is 1. The van der Waals surface area contributed by atoms with Crippen LogP contribution < -0.4 is 26.9 Å². The lowest BCUT2D eigenvalue weighted by atomic mass is 9.74. The second-order valence-corrected chi connectivity index (χ2v) is 23.8. The summed E-state index contributed by atoms with van der Waals surface area (Å²) in [4.78, 5) is 12.9. The van der Waals surface area contributed by atoms with Gasteiger partial charge in [-0.15, -0.1) is 0 Å². The molecule has 1 aromatic heterocycles. The number of benzene rings is 3. The highest BCUT2D eigenvalue weighted by Gasteiger charge is 2.43. The van der Waals surface area contributed by atoms with Crippen LogP contribution in [0, 0.1) is 47.8 Å². The molecule has 1 saturated heterocycles. The van der Waals surface area contributed by atoms with Crippen molar-refractivity contribution in [1.29, 1.82) is 0 Å². The van der Waals surface area contributed by atoms with E-state index in [4.69, 9.17) is 29.0 Å². The van der Waals surface area contributed by atoms with E-state index in [0.29, 0.717) is 47.1 Å². The number of aromatic hydroxyl groups is 1. The van der Waals surface area contributed by atoms with Crippen molar-refractivity contribution in [2.75, 3.05) is 29.5 Å². The first-order valence-electron chi connectivity index (χ1n) is 28.5. The van der Waals surface area contributed by atoms with E-state index in [1.165, 1.54) is 42.4 Å². The lowest BCUT2D eigenvalue weighted by Crippen LogP contribution is -2.46. The molecule has 404 valence electrons. The number of aryl methyl sites for hydroxylation is 2. The van der Waals surface area contributed by atoms with Crippen LogP contribution in [0.5, 0.6) is 5.75 Å². The standard InChI is InChI=1S/C61H81N7O.C3H8.C2H4O/c1-37-17-15-19-39(3)46(10)63-56-44(8)53-55(54-45(9)60(11,33-50(54)43(7)59(53)69)26-14-12-13-18-38(2)41(5)42(6)40(4)31-37)57-58(56)66-61(65-57)27-29-67(30-28-61)34-49-21-16-20-47(32-49)22-23-48-24-25-52-64-51(62)36-68(52)35-48;1-3-2;1-2-3/h12,14-17,19-21,32,36-38,40-42,48,63,66,69H,8-10,13,18,22-31,33-35,62H2,1-7,11H3;3H2,1-2H3;2-3H,1H2/b14-12+,17-15+,39-19-;;/t37?,38?,40-,41+,42?,48?,60+;;/m1../s1. The third kappa shape index (κ3) is 12.6. The number of fused-ring (bicyclic) bond motifs is 2. The van der Waals surface area contributed by atoms with Crippen LogP contribution in [-0.2, 0) is 32.4 Å². The van der Waals surface area contributed by atoms with Gasteiger partial charge in [-0.2, -0.15) is 0 Å². The third-order valence-electron chi connectivity index (χ3n) is 17.9. The monoisotopic (exact) mass is 1020 g/mol. The number of aliphatic hydroxyl groups excluding tert-OH is 1. The smallest absolute Gasteiger partial charge is 0.141 e. The molecule has 5 heterocycles. The van der Waals surface area contributed by atoms with Crippen molar-refractivity contribution in [3.8, 4) is 5.75 Å². The molecule has 75 heavy (non-hydrogen) atoms. The Hall–Kier alpha value is -5.80. The van der Waals surface area contributed by atoms with Crippen molar-refractivity contribution in [3.63, 3.8) is 0 Å². The Kier molecular flexibility index (Phi) is 18.6. The maximum Gasteiger partial charge on any atom is 0.141 e. The lowest BCUT2D eigenvalue weighted by molar-refractivity contribution is 0.171. The number of nitrogens with zero attached hydrogens (tertiary/aromatic N) is 4. The minimum absolute atomic E-state index is 0.186. The van der Waals surface area contributed by atoms with Crippen LogP contribution >= 0.6 is 0 Å². The largest absolute Gasteiger partial charge is 0.516 e. The fourth-order valence-corrected chi connectivity index (χ4v) is 12.7. The molecule has 4 bridgehead atoms. The van der Waals surface area contributed by atoms with Crippen molar-refractivity contribution in [1.82, 2.24) is 14.5 Å². The van der Waals surface area contributed by atoms with E-state index in [0.717, 1.165) is 150 Å². The third-order valence-corrected chi connectivity index (χ3v) is 17.9. The van der Waals surface area contributed by atoms with E-state index in [2.05, 4.69) is 162 Å². The molecule has 4 aromatic rings. The first-order valence-corrected chi connectivity index (χ1v) is 28.5. The Labute approximate surface area is 451 Å². The number of nitrogens with one attached hydrogen (secondary N) is 2. The molecule has 4 aliphatic heterocycles. The minimum Gasteiger partial charge on any atom is -0.516 e. The molecule has 1 spiro atoms. The molecule has 7 atom stereocenters. The van der Waals surface area contributed by atoms with E-state index in [1.54, 1.807) is 0 Å². The second-order valence-electron chi connectivity index (χ2n) is 23.8. The number of likely N-dealkylation sites (tertiary alicyclic amines) is 1.